The summed E-state index contributed by atoms with van der Waals surface area (Å²) in [6.45, 7) is 2.07. The molecule has 0 spiro atoms. The van der Waals surface area contributed by atoms with Gasteiger partial charge in [-0.05, 0) is 12.5 Å². The molecule has 2 heterocycles. The summed E-state index contributed by atoms with van der Waals surface area (Å²) in [6, 6.07) is 5.71. The van der Waals surface area contributed by atoms with Crippen molar-refractivity contribution in [3.8, 4) is 29.2 Å². The van der Waals surface area contributed by atoms with Crippen LogP contribution in [-0.2, 0) is 6.42 Å². The third-order valence-corrected chi connectivity index (χ3v) is 4.56. The van der Waals surface area contributed by atoms with Crippen LogP contribution in [0, 0.1) is 11.3 Å². The van der Waals surface area contributed by atoms with Crippen LogP contribution in [0.3, 0.4) is 0 Å². The van der Waals surface area contributed by atoms with E-state index in [0.29, 0.717) is 28.7 Å². The first-order chi connectivity index (χ1) is 13.1. The number of nitrogens with one attached hydrogen (secondary N) is 1. The van der Waals surface area contributed by atoms with Gasteiger partial charge in [0.1, 0.15) is 17.4 Å². The second kappa shape index (κ2) is 7.50. The summed E-state index contributed by atoms with van der Waals surface area (Å²) in [5.74, 6) is 1.52. The third kappa shape index (κ3) is 3.01. The van der Waals surface area contributed by atoms with Crippen molar-refractivity contribution in [3.63, 3.8) is 0 Å². The Bertz CT molecular complexity index is 927. The summed E-state index contributed by atoms with van der Waals surface area (Å²) < 4.78 is 22.0. The van der Waals surface area contributed by atoms with Crippen molar-refractivity contribution in [3.05, 3.63) is 40.4 Å². The van der Waals surface area contributed by atoms with E-state index >= 15 is 0 Å². The zero-order chi connectivity index (χ0) is 19.6. The summed E-state index contributed by atoms with van der Waals surface area (Å²) in [5, 5.41) is 17.0. The molecule has 8 nitrogen and oxygen atoms in total. The van der Waals surface area contributed by atoms with E-state index in [1.54, 1.807) is 33.5 Å². The van der Waals surface area contributed by atoms with Crippen molar-refractivity contribution in [2.45, 2.75) is 25.7 Å². The zero-order valence-corrected chi connectivity index (χ0v) is 15.8. The highest BCUT2D eigenvalue weighted by molar-refractivity contribution is 5.61. The number of nitrogens with zero attached hydrogens (tertiary/aromatic N) is 2. The number of H-pyrrole nitrogens is 1. The van der Waals surface area contributed by atoms with Gasteiger partial charge < -0.3 is 24.7 Å². The molecule has 1 aromatic carbocycles. The maximum atomic E-state index is 9.77. The molecule has 0 aliphatic carbocycles. The van der Waals surface area contributed by atoms with Gasteiger partial charge in [0.25, 0.3) is 0 Å². The number of aromatic nitrogens is 2. The number of aromatic amines is 1. The average Bonchev–Trinajstić information content (AvgIpc) is 3.08. The highest BCUT2D eigenvalue weighted by atomic mass is 16.5. The van der Waals surface area contributed by atoms with Crippen LogP contribution < -0.4 is 24.7 Å². The molecule has 1 atom stereocenters. The van der Waals surface area contributed by atoms with Crippen LogP contribution in [0.15, 0.2) is 23.6 Å². The number of methoxy groups -OCH3 is 3. The number of ether oxygens (including phenoxy) is 4. The summed E-state index contributed by atoms with van der Waals surface area (Å²) >= 11 is 0. The molecule has 27 heavy (non-hydrogen) atoms. The van der Waals surface area contributed by atoms with Gasteiger partial charge in [-0.3, -0.25) is 5.10 Å². The van der Waals surface area contributed by atoms with Gasteiger partial charge in [-0.25, -0.2) is 0 Å². The molecule has 142 valence electrons. The number of nitrogens with two attached hydrogens (primary N) is 1. The Morgan fingerprint density at radius 2 is 1.85 bits per heavy atom. The third-order valence-electron chi connectivity index (χ3n) is 4.56. The van der Waals surface area contributed by atoms with Crippen LogP contribution in [0.4, 0.5) is 0 Å². The van der Waals surface area contributed by atoms with E-state index in [1.807, 2.05) is 0 Å². The van der Waals surface area contributed by atoms with Crippen LogP contribution in [0.1, 0.15) is 36.1 Å². The van der Waals surface area contributed by atoms with Crippen molar-refractivity contribution in [1.82, 2.24) is 10.2 Å². The Labute approximate surface area is 157 Å². The standard InChI is InChI=1S/C19H22N4O4/c1-5-6-12-17-16(11(9-20)18(21)27-19(17)23-22-12)10-7-14(25-3)15(26-4)8-13(10)24-2/h7-8,16H,5-6,21H2,1-4H3,(H,22,23)/t16-/m1/s1. The van der Waals surface area contributed by atoms with Gasteiger partial charge in [0.15, 0.2) is 11.5 Å². The molecule has 0 unspecified atom stereocenters. The van der Waals surface area contributed by atoms with Gasteiger partial charge in [0.2, 0.25) is 11.8 Å². The van der Waals surface area contributed by atoms with E-state index < -0.39 is 5.92 Å². The van der Waals surface area contributed by atoms with E-state index in [-0.39, 0.29) is 5.88 Å². The molecule has 1 aliphatic heterocycles. The van der Waals surface area contributed by atoms with Crippen molar-refractivity contribution in [2.24, 2.45) is 5.73 Å². The maximum Gasteiger partial charge on any atom is 0.244 e. The van der Waals surface area contributed by atoms with Crippen molar-refractivity contribution in [2.75, 3.05) is 21.3 Å². The molecule has 1 aromatic heterocycles. The Balaban J connectivity index is 2.29. The van der Waals surface area contributed by atoms with Crippen LogP contribution >= 0.6 is 0 Å². The zero-order valence-electron chi connectivity index (χ0n) is 15.8. The molecular weight excluding hydrogens is 348 g/mol. The number of rotatable bonds is 6. The van der Waals surface area contributed by atoms with E-state index in [9.17, 15) is 5.26 Å². The number of aryl methyl sites for hydroxylation is 1. The Morgan fingerprint density at radius 3 is 2.44 bits per heavy atom. The number of fused-ring (bicyclic) bond motifs is 1. The first kappa shape index (κ1) is 18.5. The molecule has 0 saturated carbocycles. The lowest BCUT2D eigenvalue weighted by molar-refractivity contribution is 0.346. The average molecular weight is 370 g/mol. The Kier molecular flexibility index (Phi) is 5.12. The maximum absolute atomic E-state index is 9.77. The van der Waals surface area contributed by atoms with Gasteiger partial charge in [0, 0.05) is 17.3 Å². The molecular formula is C19H22N4O4. The lowest BCUT2D eigenvalue weighted by Crippen LogP contribution is -2.21. The fourth-order valence-electron chi connectivity index (χ4n) is 3.34. The number of hydrogen-bond acceptors (Lipinski definition) is 7. The van der Waals surface area contributed by atoms with Crippen molar-refractivity contribution in [1.29, 1.82) is 5.26 Å². The van der Waals surface area contributed by atoms with E-state index in [0.717, 1.165) is 29.7 Å². The van der Waals surface area contributed by atoms with Crippen LogP contribution in [0.2, 0.25) is 0 Å². The van der Waals surface area contributed by atoms with Crippen molar-refractivity contribution < 1.29 is 18.9 Å². The Morgan fingerprint density at radius 1 is 1.19 bits per heavy atom. The van der Waals surface area contributed by atoms with Gasteiger partial charge in [-0.1, -0.05) is 13.3 Å². The predicted octanol–water partition coefficient (Wildman–Crippen LogP) is 2.61. The molecule has 3 rings (SSSR count). The van der Waals surface area contributed by atoms with Gasteiger partial charge in [-0.2, -0.15) is 5.26 Å². The second-order valence-electron chi connectivity index (χ2n) is 6.04. The minimum Gasteiger partial charge on any atom is -0.496 e. The number of nitriles is 1. The van der Waals surface area contributed by atoms with E-state index in [1.165, 1.54) is 0 Å². The van der Waals surface area contributed by atoms with Crippen LogP contribution in [0.25, 0.3) is 0 Å². The van der Waals surface area contributed by atoms with Crippen LogP contribution in [0.5, 0.6) is 23.1 Å². The smallest absolute Gasteiger partial charge is 0.244 e. The lowest BCUT2D eigenvalue weighted by atomic mass is 9.82. The second-order valence-corrected chi connectivity index (χ2v) is 6.04. The number of benzene rings is 1. The fourth-order valence-corrected chi connectivity index (χ4v) is 3.34. The van der Waals surface area contributed by atoms with E-state index in [4.69, 9.17) is 24.7 Å². The van der Waals surface area contributed by atoms with Crippen molar-refractivity contribution >= 4 is 0 Å². The molecule has 8 heteroatoms. The minimum absolute atomic E-state index is 0.0291. The molecule has 1 aliphatic rings. The number of allylic oxidation sites excluding steroid dienone is 1. The topological polar surface area (TPSA) is 115 Å². The van der Waals surface area contributed by atoms with Gasteiger partial charge in [-0.15, -0.1) is 5.10 Å². The van der Waals surface area contributed by atoms with Crippen LogP contribution in [-0.4, -0.2) is 31.5 Å². The minimum atomic E-state index is -0.492. The lowest BCUT2D eigenvalue weighted by Gasteiger charge is -2.26. The first-order valence-electron chi connectivity index (χ1n) is 8.54. The quantitative estimate of drug-likeness (QED) is 0.803. The Hall–Kier alpha value is -3.34. The largest absolute Gasteiger partial charge is 0.496 e. The molecule has 0 amide bonds. The summed E-state index contributed by atoms with van der Waals surface area (Å²) in [5.41, 5.74) is 8.72. The fraction of sp³-hybridized carbons (Fsp3) is 0.368. The highest BCUT2D eigenvalue weighted by Gasteiger charge is 2.37. The highest BCUT2D eigenvalue weighted by Crippen LogP contribution is 2.48. The molecule has 0 fully saturated rings. The first-order valence-corrected chi connectivity index (χ1v) is 8.54. The summed E-state index contributed by atoms with van der Waals surface area (Å²) in [4.78, 5) is 0. The summed E-state index contributed by atoms with van der Waals surface area (Å²) in [6.07, 6.45) is 1.67. The molecule has 0 radical (unpaired) electrons. The molecule has 0 saturated heterocycles. The molecule has 0 bridgehead atoms. The normalized spacial score (nSPS) is 15.6. The predicted molar refractivity (Wildman–Crippen MR) is 98.0 cm³/mol. The van der Waals surface area contributed by atoms with E-state index in [2.05, 4.69) is 23.2 Å². The molecule has 2 aromatic rings. The number of hydrogen-bond donors (Lipinski definition) is 2. The van der Waals surface area contributed by atoms with Gasteiger partial charge in [0.05, 0.1) is 32.8 Å². The van der Waals surface area contributed by atoms with Gasteiger partial charge >= 0.3 is 0 Å². The SMILES string of the molecule is CCCc1[nH]nc2c1[C@H](c1cc(OC)c(OC)cc1OC)C(C#N)=C(N)O2. The molecule has 3 N–H and O–H groups in total. The monoisotopic (exact) mass is 370 g/mol. The summed E-state index contributed by atoms with van der Waals surface area (Å²) in [7, 11) is 4.67.